The first-order chi connectivity index (χ1) is 9.10. The molecule has 2 aromatic carbocycles. The second kappa shape index (κ2) is 5.51. The van der Waals surface area contributed by atoms with Crippen LogP contribution in [0.1, 0.15) is 15.9 Å². The van der Waals surface area contributed by atoms with Gasteiger partial charge in [0.2, 0.25) is 0 Å². The van der Waals surface area contributed by atoms with E-state index in [1.807, 2.05) is 6.07 Å². The Kier molecular flexibility index (Phi) is 3.79. The quantitative estimate of drug-likeness (QED) is 0.622. The summed E-state index contributed by atoms with van der Waals surface area (Å²) < 4.78 is 18.5. The van der Waals surface area contributed by atoms with Crippen LogP contribution in [0.5, 0.6) is 5.75 Å². The Hall–Kier alpha value is -2.38. The molecule has 0 heterocycles. The van der Waals surface area contributed by atoms with Crippen molar-refractivity contribution in [1.82, 2.24) is 0 Å². The van der Waals surface area contributed by atoms with Gasteiger partial charge in [0.1, 0.15) is 11.6 Å². The molecule has 0 aliphatic carbocycles. The maximum Gasteiger partial charge on any atom is 0.346 e. The number of nitrogens with zero attached hydrogens (tertiary/aromatic N) is 1. The molecule has 5 heteroatoms. The summed E-state index contributed by atoms with van der Waals surface area (Å²) in [6, 6.07) is 11.6. The van der Waals surface area contributed by atoms with E-state index in [0.717, 1.165) is 6.07 Å². The Bertz CT molecular complexity index is 662. The van der Waals surface area contributed by atoms with Crippen LogP contribution in [0, 0.1) is 17.1 Å². The molecule has 0 atom stereocenters. The highest BCUT2D eigenvalue weighted by molar-refractivity contribution is 6.30. The van der Waals surface area contributed by atoms with E-state index in [9.17, 15) is 9.18 Å². The van der Waals surface area contributed by atoms with Crippen LogP contribution in [0.3, 0.4) is 0 Å². The van der Waals surface area contributed by atoms with Crippen molar-refractivity contribution in [2.45, 2.75) is 0 Å². The lowest BCUT2D eigenvalue weighted by Gasteiger charge is -2.05. The Morgan fingerprint density at radius 1 is 1.21 bits per heavy atom. The summed E-state index contributed by atoms with van der Waals surface area (Å²) in [5, 5.41) is 8.83. The fourth-order valence-corrected chi connectivity index (χ4v) is 1.57. The highest BCUT2D eigenvalue weighted by Gasteiger charge is 2.14. The summed E-state index contributed by atoms with van der Waals surface area (Å²) in [4.78, 5) is 11.7. The van der Waals surface area contributed by atoms with Gasteiger partial charge in [0.05, 0.1) is 17.2 Å². The summed E-state index contributed by atoms with van der Waals surface area (Å²) in [6.45, 7) is 0. The smallest absolute Gasteiger partial charge is 0.346 e. The van der Waals surface area contributed by atoms with E-state index in [-0.39, 0.29) is 16.3 Å². The molecule has 0 amide bonds. The predicted molar refractivity (Wildman–Crippen MR) is 67.5 cm³/mol. The van der Waals surface area contributed by atoms with Gasteiger partial charge in [0.25, 0.3) is 0 Å². The number of hydrogen-bond donors (Lipinski definition) is 0. The Morgan fingerprint density at radius 3 is 2.47 bits per heavy atom. The van der Waals surface area contributed by atoms with E-state index in [0.29, 0.717) is 5.56 Å². The zero-order chi connectivity index (χ0) is 13.8. The number of rotatable bonds is 2. The average molecular weight is 276 g/mol. The van der Waals surface area contributed by atoms with Crippen molar-refractivity contribution in [2.24, 2.45) is 0 Å². The van der Waals surface area contributed by atoms with Gasteiger partial charge in [-0.25, -0.2) is 9.18 Å². The molecular formula is C14H7ClFNO2. The van der Waals surface area contributed by atoms with Gasteiger partial charge < -0.3 is 4.74 Å². The third-order valence-electron chi connectivity index (χ3n) is 2.35. The molecule has 94 valence electrons. The number of hydrogen-bond acceptors (Lipinski definition) is 3. The molecule has 0 fully saturated rings. The molecule has 0 bridgehead atoms. The minimum absolute atomic E-state index is 0.200. The van der Waals surface area contributed by atoms with Crippen molar-refractivity contribution in [3.63, 3.8) is 0 Å². The third kappa shape index (κ3) is 3.09. The molecule has 19 heavy (non-hydrogen) atoms. The van der Waals surface area contributed by atoms with Crippen LogP contribution < -0.4 is 4.74 Å². The van der Waals surface area contributed by atoms with Crippen molar-refractivity contribution >= 4 is 17.6 Å². The van der Waals surface area contributed by atoms with Gasteiger partial charge in [-0.1, -0.05) is 11.6 Å². The van der Waals surface area contributed by atoms with Gasteiger partial charge in [-0.05, 0) is 42.5 Å². The van der Waals surface area contributed by atoms with Crippen molar-refractivity contribution in [3.8, 4) is 11.8 Å². The summed E-state index contributed by atoms with van der Waals surface area (Å²) in [5.74, 6) is -1.33. The lowest BCUT2D eigenvalue weighted by atomic mass is 10.2. The highest BCUT2D eigenvalue weighted by Crippen LogP contribution is 2.18. The molecule has 0 saturated heterocycles. The molecule has 0 aliphatic heterocycles. The summed E-state index contributed by atoms with van der Waals surface area (Å²) in [7, 11) is 0. The van der Waals surface area contributed by atoms with Crippen LogP contribution in [0.25, 0.3) is 0 Å². The van der Waals surface area contributed by atoms with Crippen LogP contribution in [-0.2, 0) is 0 Å². The second-order valence-electron chi connectivity index (χ2n) is 3.65. The Morgan fingerprint density at radius 2 is 1.89 bits per heavy atom. The standard InChI is InChI=1S/C14H7ClFNO2/c15-10-3-6-12(13(16)7-10)14(18)19-11-4-1-9(8-17)2-5-11/h1-7H. The van der Waals surface area contributed by atoms with Gasteiger partial charge in [0.15, 0.2) is 0 Å². The topological polar surface area (TPSA) is 50.1 Å². The van der Waals surface area contributed by atoms with E-state index in [1.165, 1.54) is 36.4 Å². The van der Waals surface area contributed by atoms with Gasteiger partial charge in [-0.15, -0.1) is 0 Å². The van der Waals surface area contributed by atoms with E-state index < -0.39 is 11.8 Å². The van der Waals surface area contributed by atoms with Crippen LogP contribution >= 0.6 is 11.6 Å². The molecule has 0 radical (unpaired) electrons. The van der Waals surface area contributed by atoms with Gasteiger partial charge in [-0.3, -0.25) is 0 Å². The molecule has 2 rings (SSSR count). The summed E-state index contributed by atoms with van der Waals surface area (Å²) in [6.07, 6.45) is 0. The van der Waals surface area contributed by atoms with Gasteiger partial charge in [-0.2, -0.15) is 5.26 Å². The minimum Gasteiger partial charge on any atom is -0.423 e. The van der Waals surface area contributed by atoms with Crippen LogP contribution in [0.2, 0.25) is 5.02 Å². The average Bonchev–Trinajstić information content (AvgIpc) is 2.39. The summed E-state index contributed by atoms with van der Waals surface area (Å²) >= 11 is 5.59. The number of ether oxygens (including phenoxy) is 1. The second-order valence-corrected chi connectivity index (χ2v) is 4.09. The third-order valence-corrected chi connectivity index (χ3v) is 2.58. The lowest BCUT2D eigenvalue weighted by Crippen LogP contribution is -2.10. The lowest BCUT2D eigenvalue weighted by molar-refractivity contribution is 0.0730. The van der Waals surface area contributed by atoms with E-state index in [2.05, 4.69) is 0 Å². The van der Waals surface area contributed by atoms with Crippen LogP contribution in [0.15, 0.2) is 42.5 Å². The van der Waals surface area contributed by atoms with Gasteiger partial charge in [0, 0.05) is 5.02 Å². The number of carbonyl (C=O) groups is 1. The molecule has 0 N–H and O–H groups in total. The minimum atomic E-state index is -0.820. The van der Waals surface area contributed by atoms with E-state index >= 15 is 0 Å². The van der Waals surface area contributed by atoms with Crippen molar-refractivity contribution < 1.29 is 13.9 Å². The SMILES string of the molecule is N#Cc1ccc(OC(=O)c2ccc(Cl)cc2F)cc1. The predicted octanol–water partition coefficient (Wildman–Crippen LogP) is 3.57. The fraction of sp³-hybridized carbons (Fsp3) is 0. The number of nitriles is 1. The van der Waals surface area contributed by atoms with Crippen molar-refractivity contribution in [3.05, 3.63) is 64.4 Å². The molecule has 0 saturated carbocycles. The molecule has 0 unspecified atom stereocenters. The van der Waals surface area contributed by atoms with Crippen LogP contribution in [0.4, 0.5) is 4.39 Å². The summed E-state index contributed by atoms with van der Waals surface area (Å²) in [5.41, 5.74) is 0.242. The Labute approximate surface area is 113 Å². The number of benzene rings is 2. The first-order valence-corrected chi connectivity index (χ1v) is 5.65. The first-order valence-electron chi connectivity index (χ1n) is 5.27. The van der Waals surface area contributed by atoms with Crippen LogP contribution in [-0.4, -0.2) is 5.97 Å². The maximum absolute atomic E-state index is 13.5. The highest BCUT2D eigenvalue weighted by atomic mass is 35.5. The molecule has 0 aliphatic rings. The zero-order valence-electron chi connectivity index (χ0n) is 9.56. The van der Waals surface area contributed by atoms with Crippen molar-refractivity contribution in [1.29, 1.82) is 5.26 Å². The van der Waals surface area contributed by atoms with Gasteiger partial charge >= 0.3 is 5.97 Å². The molecule has 0 spiro atoms. The van der Waals surface area contributed by atoms with E-state index in [1.54, 1.807) is 0 Å². The molecule has 3 nitrogen and oxygen atoms in total. The number of carbonyl (C=O) groups excluding carboxylic acids is 1. The first kappa shape index (κ1) is 13.1. The Balaban J connectivity index is 2.18. The molecular weight excluding hydrogens is 269 g/mol. The fourth-order valence-electron chi connectivity index (χ4n) is 1.41. The van der Waals surface area contributed by atoms with Crippen molar-refractivity contribution in [2.75, 3.05) is 0 Å². The molecule has 0 aromatic heterocycles. The number of halogens is 2. The van der Waals surface area contributed by atoms with E-state index in [4.69, 9.17) is 21.6 Å². The zero-order valence-corrected chi connectivity index (χ0v) is 10.3. The monoisotopic (exact) mass is 275 g/mol. The largest absolute Gasteiger partial charge is 0.423 e. The normalized spacial score (nSPS) is 9.74. The number of esters is 1. The maximum atomic E-state index is 13.5. The molecule has 2 aromatic rings.